The first kappa shape index (κ1) is 13.0. The van der Waals surface area contributed by atoms with Crippen molar-refractivity contribution in [1.29, 1.82) is 0 Å². The summed E-state index contributed by atoms with van der Waals surface area (Å²) >= 11 is 0. The molecule has 0 aliphatic carbocycles. The van der Waals surface area contributed by atoms with Crippen LogP contribution < -0.4 is 5.32 Å². The van der Waals surface area contributed by atoms with Crippen LogP contribution >= 0.6 is 0 Å². The van der Waals surface area contributed by atoms with Gasteiger partial charge < -0.3 is 10.4 Å². The normalized spacial score (nSPS) is 12.1. The van der Waals surface area contributed by atoms with Crippen LogP contribution in [-0.2, 0) is 4.79 Å². The lowest BCUT2D eigenvalue weighted by molar-refractivity contribution is -0.139. The van der Waals surface area contributed by atoms with Crippen molar-refractivity contribution in [3.05, 3.63) is 42.1 Å². The summed E-state index contributed by atoms with van der Waals surface area (Å²) in [7, 11) is 0. The first-order chi connectivity index (χ1) is 9.13. The number of nitrogens with zero attached hydrogens (tertiary/aromatic N) is 1. The molecule has 2 aromatic rings. The molecule has 1 amide bonds. The minimum absolute atomic E-state index is 0.333. The first-order valence-corrected chi connectivity index (χ1v) is 6.01. The summed E-state index contributed by atoms with van der Waals surface area (Å²) < 4.78 is 0. The average molecular weight is 258 g/mol. The van der Waals surface area contributed by atoms with Crippen LogP contribution in [0.15, 0.2) is 36.5 Å². The van der Waals surface area contributed by atoms with Gasteiger partial charge in [-0.2, -0.15) is 0 Å². The van der Waals surface area contributed by atoms with Gasteiger partial charge in [-0.1, -0.05) is 25.1 Å². The Morgan fingerprint density at radius 2 is 2.05 bits per heavy atom. The number of aromatic nitrogens is 1. The number of hydrogen-bond acceptors (Lipinski definition) is 3. The fraction of sp³-hybridized carbons (Fsp3) is 0.214. The molecular weight excluding hydrogens is 244 g/mol. The van der Waals surface area contributed by atoms with Gasteiger partial charge in [-0.05, 0) is 18.6 Å². The fourth-order valence-electron chi connectivity index (χ4n) is 1.86. The number of pyridine rings is 1. The Labute approximate surface area is 110 Å². The Kier molecular flexibility index (Phi) is 3.75. The number of carbonyl (C=O) groups excluding carboxylic acids is 1. The van der Waals surface area contributed by atoms with Crippen LogP contribution in [0.4, 0.5) is 0 Å². The van der Waals surface area contributed by atoms with E-state index in [0.29, 0.717) is 17.5 Å². The van der Waals surface area contributed by atoms with Crippen molar-refractivity contribution < 1.29 is 14.7 Å². The number of carboxylic acids is 1. The minimum atomic E-state index is -1.04. The van der Waals surface area contributed by atoms with E-state index < -0.39 is 17.9 Å². The molecule has 0 radical (unpaired) electrons. The molecule has 0 aliphatic heterocycles. The van der Waals surface area contributed by atoms with E-state index in [2.05, 4.69) is 10.3 Å². The molecule has 0 saturated carbocycles. The van der Waals surface area contributed by atoms with E-state index in [9.17, 15) is 9.59 Å². The third kappa shape index (κ3) is 2.70. The van der Waals surface area contributed by atoms with Gasteiger partial charge in [-0.3, -0.25) is 9.78 Å². The predicted octanol–water partition coefficient (Wildman–Crippen LogP) is 1.83. The number of carboxylic acid groups (broad SMARTS) is 1. The van der Waals surface area contributed by atoms with Crippen LogP contribution in [0, 0.1) is 0 Å². The van der Waals surface area contributed by atoms with E-state index in [4.69, 9.17) is 5.11 Å². The monoisotopic (exact) mass is 258 g/mol. The smallest absolute Gasteiger partial charge is 0.326 e. The Hall–Kier alpha value is -2.43. The van der Waals surface area contributed by atoms with E-state index in [1.54, 1.807) is 31.3 Å². The lowest BCUT2D eigenvalue weighted by Gasteiger charge is -2.13. The maximum absolute atomic E-state index is 12.1. The van der Waals surface area contributed by atoms with Crippen LogP contribution in [0.2, 0.25) is 0 Å². The number of para-hydroxylation sites is 1. The molecule has 19 heavy (non-hydrogen) atoms. The lowest BCUT2D eigenvalue weighted by atomic mass is 10.1. The Morgan fingerprint density at radius 1 is 1.32 bits per heavy atom. The number of aliphatic carboxylic acids is 1. The topological polar surface area (TPSA) is 79.3 Å². The highest BCUT2D eigenvalue weighted by molar-refractivity contribution is 6.06. The van der Waals surface area contributed by atoms with E-state index in [0.717, 1.165) is 5.39 Å². The van der Waals surface area contributed by atoms with E-state index in [1.165, 1.54) is 0 Å². The summed E-state index contributed by atoms with van der Waals surface area (Å²) in [6, 6.07) is 8.00. The first-order valence-electron chi connectivity index (χ1n) is 6.01. The number of amides is 1. The zero-order chi connectivity index (χ0) is 13.8. The van der Waals surface area contributed by atoms with Crippen molar-refractivity contribution in [3.8, 4) is 0 Å². The largest absolute Gasteiger partial charge is 0.480 e. The van der Waals surface area contributed by atoms with Crippen molar-refractivity contribution in [2.45, 2.75) is 19.4 Å². The van der Waals surface area contributed by atoms with Crippen molar-refractivity contribution >= 4 is 22.8 Å². The molecule has 5 heteroatoms. The second-order valence-electron chi connectivity index (χ2n) is 4.15. The number of rotatable bonds is 4. The van der Waals surface area contributed by atoms with Gasteiger partial charge >= 0.3 is 5.97 Å². The number of nitrogens with one attached hydrogen (secondary N) is 1. The summed E-state index contributed by atoms with van der Waals surface area (Å²) in [5.74, 6) is -1.46. The molecule has 98 valence electrons. The maximum atomic E-state index is 12.1. The van der Waals surface area contributed by atoms with Gasteiger partial charge in [0.15, 0.2) is 0 Å². The van der Waals surface area contributed by atoms with Gasteiger partial charge in [-0.25, -0.2) is 4.79 Å². The van der Waals surface area contributed by atoms with Crippen LogP contribution in [0.1, 0.15) is 23.7 Å². The van der Waals surface area contributed by atoms with Crippen molar-refractivity contribution in [1.82, 2.24) is 10.3 Å². The summed E-state index contributed by atoms with van der Waals surface area (Å²) in [5, 5.41) is 12.3. The number of benzene rings is 1. The Bertz CT molecular complexity index is 620. The standard InChI is InChI=1S/C14H14N2O3/c1-2-11(14(18)19)16-13(17)10-7-3-5-9-6-4-8-15-12(9)10/h3-8,11H,2H2,1H3,(H,16,17)(H,18,19)/t11-/m0/s1. The van der Waals surface area contributed by atoms with E-state index in [1.807, 2.05) is 12.1 Å². The SMILES string of the molecule is CC[C@H](NC(=O)c1cccc2cccnc12)C(=O)O. The third-order valence-corrected chi connectivity index (χ3v) is 2.89. The molecule has 1 atom stereocenters. The summed E-state index contributed by atoms with van der Waals surface area (Å²) in [6.45, 7) is 1.71. The Morgan fingerprint density at radius 3 is 2.74 bits per heavy atom. The molecule has 5 nitrogen and oxygen atoms in total. The van der Waals surface area contributed by atoms with Gasteiger partial charge in [0.05, 0.1) is 11.1 Å². The quantitative estimate of drug-likeness (QED) is 0.876. The van der Waals surface area contributed by atoms with Crippen LogP contribution in [0.3, 0.4) is 0 Å². The molecule has 2 N–H and O–H groups in total. The second-order valence-corrected chi connectivity index (χ2v) is 4.15. The molecule has 0 bridgehead atoms. The molecular formula is C14H14N2O3. The zero-order valence-electron chi connectivity index (χ0n) is 10.5. The number of hydrogen-bond donors (Lipinski definition) is 2. The van der Waals surface area contributed by atoms with Crippen LogP contribution in [0.25, 0.3) is 10.9 Å². The molecule has 0 spiro atoms. The van der Waals surface area contributed by atoms with Crippen LogP contribution in [-0.4, -0.2) is 28.0 Å². The molecule has 0 aliphatic rings. The Balaban J connectivity index is 2.34. The summed E-state index contributed by atoms with van der Waals surface area (Å²) in [6.07, 6.45) is 1.94. The summed E-state index contributed by atoms with van der Waals surface area (Å²) in [4.78, 5) is 27.2. The van der Waals surface area contributed by atoms with Crippen molar-refractivity contribution in [3.63, 3.8) is 0 Å². The highest BCUT2D eigenvalue weighted by Crippen LogP contribution is 2.16. The molecule has 1 aromatic heterocycles. The minimum Gasteiger partial charge on any atom is -0.480 e. The van der Waals surface area contributed by atoms with Gasteiger partial charge in [0.1, 0.15) is 6.04 Å². The number of carbonyl (C=O) groups is 2. The number of fused-ring (bicyclic) bond motifs is 1. The lowest BCUT2D eigenvalue weighted by Crippen LogP contribution is -2.40. The van der Waals surface area contributed by atoms with E-state index in [-0.39, 0.29) is 0 Å². The second kappa shape index (κ2) is 5.48. The van der Waals surface area contributed by atoms with Gasteiger partial charge in [-0.15, -0.1) is 0 Å². The zero-order valence-corrected chi connectivity index (χ0v) is 10.5. The molecule has 0 saturated heterocycles. The highest BCUT2D eigenvalue weighted by Gasteiger charge is 2.19. The van der Waals surface area contributed by atoms with Crippen molar-refractivity contribution in [2.75, 3.05) is 0 Å². The molecule has 2 rings (SSSR count). The fourth-order valence-corrected chi connectivity index (χ4v) is 1.86. The van der Waals surface area contributed by atoms with Gasteiger partial charge in [0.2, 0.25) is 0 Å². The highest BCUT2D eigenvalue weighted by atomic mass is 16.4. The van der Waals surface area contributed by atoms with Gasteiger partial charge in [0.25, 0.3) is 5.91 Å². The third-order valence-electron chi connectivity index (χ3n) is 2.89. The molecule has 0 fully saturated rings. The average Bonchev–Trinajstić information content (AvgIpc) is 2.43. The molecule has 0 unspecified atom stereocenters. The van der Waals surface area contributed by atoms with Crippen molar-refractivity contribution in [2.24, 2.45) is 0 Å². The predicted molar refractivity (Wildman–Crippen MR) is 70.9 cm³/mol. The van der Waals surface area contributed by atoms with Gasteiger partial charge in [0, 0.05) is 11.6 Å². The summed E-state index contributed by atoms with van der Waals surface area (Å²) in [5.41, 5.74) is 0.959. The molecule has 1 aromatic carbocycles. The maximum Gasteiger partial charge on any atom is 0.326 e. The van der Waals surface area contributed by atoms with E-state index >= 15 is 0 Å². The van der Waals surface area contributed by atoms with Crippen LogP contribution in [0.5, 0.6) is 0 Å². The molecule has 1 heterocycles.